The third-order valence-corrected chi connectivity index (χ3v) is 7.85. The minimum Gasteiger partial charge on any atom is -0.542 e. The summed E-state index contributed by atoms with van der Waals surface area (Å²) < 4.78 is 19.8. The maximum absolute atomic E-state index is 13.9. The molecule has 0 saturated heterocycles. The van der Waals surface area contributed by atoms with E-state index in [1.54, 1.807) is 12.1 Å². The molecule has 2 nitrogen and oxygen atoms in total. The summed E-state index contributed by atoms with van der Waals surface area (Å²) in [6.45, 7) is 11.8. The maximum atomic E-state index is 13.9. The van der Waals surface area contributed by atoms with Gasteiger partial charge in [0.25, 0.3) is 8.32 Å². The molecule has 1 aromatic carbocycles. The fraction of sp³-hybridized carbons (Fsp3) is 0.500. The van der Waals surface area contributed by atoms with E-state index in [-0.39, 0.29) is 16.6 Å². The molecule has 0 amide bonds. The molecule has 0 bridgehead atoms. The van der Waals surface area contributed by atoms with Crippen molar-refractivity contribution in [2.45, 2.75) is 45.8 Å². The minimum atomic E-state index is -2.05. The molecule has 0 spiro atoms. The van der Waals surface area contributed by atoms with Crippen LogP contribution in [-0.4, -0.2) is 14.1 Å². The highest BCUT2D eigenvalue weighted by atomic mass is 28.4. The monoisotopic (exact) mass is 268 g/mol. The van der Waals surface area contributed by atoms with Crippen molar-refractivity contribution in [1.29, 1.82) is 0 Å². The Morgan fingerprint density at radius 3 is 2.22 bits per heavy atom. The highest BCUT2D eigenvalue weighted by Crippen LogP contribution is 2.38. The average molecular weight is 268 g/mol. The normalized spacial score (nSPS) is 12.4. The van der Waals surface area contributed by atoms with Crippen LogP contribution in [0.3, 0.4) is 0 Å². The Hall–Kier alpha value is -1.16. The summed E-state index contributed by atoms with van der Waals surface area (Å²) in [5, 5.41) is 0.0126. The number of carbonyl (C=O) groups excluding carboxylic acids is 1. The fourth-order valence-corrected chi connectivity index (χ4v) is 2.25. The zero-order chi connectivity index (χ0) is 14.1. The lowest BCUT2D eigenvalue weighted by Crippen LogP contribution is -2.44. The Bertz CT molecular complexity index is 461. The van der Waals surface area contributed by atoms with Gasteiger partial charge >= 0.3 is 0 Å². The van der Waals surface area contributed by atoms with Crippen molar-refractivity contribution in [3.05, 3.63) is 29.6 Å². The second kappa shape index (κ2) is 4.84. The Kier molecular flexibility index (Phi) is 4.01. The van der Waals surface area contributed by atoms with E-state index in [9.17, 15) is 9.18 Å². The van der Waals surface area contributed by atoms with Crippen LogP contribution in [0.1, 0.15) is 38.1 Å². The van der Waals surface area contributed by atoms with Gasteiger partial charge in [0.2, 0.25) is 0 Å². The van der Waals surface area contributed by atoms with Crippen LogP contribution >= 0.6 is 0 Å². The Labute approximate surface area is 109 Å². The molecule has 100 valence electrons. The van der Waals surface area contributed by atoms with Crippen molar-refractivity contribution >= 4 is 14.1 Å². The lowest BCUT2D eigenvalue weighted by atomic mass is 10.1. The average Bonchev–Trinajstić information content (AvgIpc) is 2.18. The fourth-order valence-electron chi connectivity index (χ4n) is 1.23. The van der Waals surface area contributed by atoms with Crippen LogP contribution in [0.5, 0.6) is 5.75 Å². The van der Waals surface area contributed by atoms with E-state index >= 15 is 0 Å². The highest BCUT2D eigenvalue weighted by Gasteiger charge is 2.39. The summed E-state index contributed by atoms with van der Waals surface area (Å²) in [6.07, 6.45) is 0. The van der Waals surface area contributed by atoms with Crippen molar-refractivity contribution in [2.75, 3.05) is 0 Å². The van der Waals surface area contributed by atoms with Crippen molar-refractivity contribution in [3.63, 3.8) is 0 Å². The van der Waals surface area contributed by atoms with Gasteiger partial charge in [0, 0.05) is 5.56 Å². The van der Waals surface area contributed by atoms with Gasteiger partial charge in [-0.3, -0.25) is 4.79 Å². The number of hydrogen-bond donors (Lipinski definition) is 0. The van der Waals surface area contributed by atoms with Crippen molar-refractivity contribution in [2.24, 2.45) is 0 Å². The zero-order valence-electron chi connectivity index (χ0n) is 11.9. The number of halogens is 1. The smallest absolute Gasteiger partial charge is 0.250 e. The predicted molar refractivity (Wildman–Crippen MR) is 74.2 cm³/mol. The molecule has 0 aromatic heterocycles. The van der Waals surface area contributed by atoms with Crippen molar-refractivity contribution < 1.29 is 13.6 Å². The number of ketones is 1. The van der Waals surface area contributed by atoms with E-state index in [1.165, 1.54) is 13.0 Å². The molecule has 0 unspecified atom stereocenters. The molecule has 18 heavy (non-hydrogen) atoms. The molecule has 0 saturated carbocycles. The van der Waals surface area contributed by atoms with Crippen LogP contribution < -0.4 is 4.43 Å². The molecule has 0 aliphatic carbocycles. The van der Waals surface area contributed by atoms with Gasteiger partial charge in [0.05, 0.1) is 0 Å². The van der Waals surface area contributed by atoms with Crippen molar-refractivity contribution in [1.82, 2.24) is 0 Å². The maximum Gasteiger partial charge on any atom is 0.250 e. The van der Waals surface area contributed by atoms with Crippen LogP contribution in [0.2, 0.25) is 18.1 Å². The van der Waals surface area contributed by atoms with E-state index in [1.807, 2.05) is 0 Å². The van der Waals surface area contributed by atoms with E-state index in [0.29, 0.717) is 5.56 Å². The standard InChI is InChI=1S/C14H21FO2Si/c1-10(16)11-7-8-13(12(15)9-11)17-18(5,6)14(2,3)4/h7-9H,1-6H3. The molecule has 0 atom stereocenters. The lowest BCUT2D eigenvalue weighted by Gasteiger charge is -2.36. The van der Waals surface area contributed by atoms with Crippen LogP contribution in [0.15, 0.2) is 18.2 Å². The molecular weight excluding hydrogens is 247 g/mol. The number of carbonyl (C=O) groups is 1. The van der Waals surface area contributed by atoms with Gasteiger partial charge in [-0.1, -0.05) is 20.8 Å². The Balaban J connectivity index is 3.03. The SMILES string of the molecule is CC(=O)c1ccc(O[Si](C)(C)C(C)(C)C)c(F)c1. The lowest BCUT2D eigenvalue weighted by molar-refractivity contribution is 0.101. The van der Waals surface area contributed by atoms with Gasteiger partial charge in [0.1, 0.15) is 5.75 Å². The molecular formula is C14H21FO2Si. The van der Waals surface area contributed by atoms with Gasteiger partial charge < -0.3 is 4.43 Å². The molecule has 1 rings (SSSR count). The van der Waals surface area contributed by atoms with Crippen LogP contribution in [0.4, 0.5) is 4.39 Å². The van der Waals surface area contributed by atoms with Crippen molar-refractivity contribution in [3.8, 4) is 5.75 Å². The summed E-state index contributed by atoms with van der Waals surface area (Å²) in [6, 6.07) is 4.39. The second-order valence-electron chi connectivity index (χ2n) is 6.06. The first-order valence-corrected chi connectivity index (χ1v) is 8.95. The first-order chi connectivity index (χ1) is 8.04. The van der Waals surface area contributed by atoms with Gasteiger partial charge in [-0.05, 0) is 43.3 Å². The number of rotatable bonds is 3. The van der Waals surface area contributed by atoms with Crippen LogP contribution in [-0.2, 0) is 0 Å². The van der Waals surface area contributed by atoms with E-state index in [0.717, 1.165) is 0 Å². The number of hydrogen-bond acceptors (Lipinski definition) is 2. The largest absolute Gasteiger partial charge is 0.542 e. The third kappa shape index (κ3) is 3.19. The Morgan fingerprint density at radius 2 is 1.83 bits per heavy atom. The van der Waals surface area contributed by atoms with Gasteiger partial charge in [-0.2, -0.15) is 0 Å². The third-order valence-electron chi connectivity index (χ3n) is 3.51. The quantitative estimate of drug-likeness (QED) is 0.599. The minimum absolute atomic E-state index is 0.0126. The van der Waals surface area contributed by atoms with Crippen LogP contribution in [0, 0.1) is 5.82 Å². The highest BCUT2D eigenvalue weighted by molar-refractivity contribution is 6.74. The molecule has 0 fully saturated rings. The molecule has 0 heterocycles. The molecule has 0 radical (unpaired) electrons. The molecule has 0 aliphatic heterocycles. The molecule has 4 heteroatoms. The van der Waals surface area contributed by atoms with E-state index in [4.69, 9.17) is 4.43 Å². The molecule has 0 aliphatic rings. The second-order valence-corrected chi connectivity index (χ2v) is 10.8. The summed E-state index contributed by atoms with van der Waals surface area (Å²) in [5.74, 6) is -0.369. The van der Waals surface area contributed by atoms with Gasteiger partial charge in [-0.25, -0.2) is 4.39 Å². The van der Waals surface area contributed by atoms with E-state index in [2.05, 4.69) is 33.9 Å². The predicted octanol–water partition coefficient (Wildman–Crippen LogP) is 4.41. The van der Waals surface area contributed by atoms with Crippen LogP contribution in [0.25, 0.3) is 0 Å². The zero-order valence-corrected chi connectivity index (χ0v) is 12.9. The van der Waals surface area contributed by atoms with Gasteiger partial charge in [0.15, 0.2) is 11.6 Å². The summed E-state index contributed by atoms with van der Waals surface area (Å²) in [4.78, 5) is 11.2. The van der Waals surface area contributed by atoms with Gasteiger partial charge in [-0.15, -0.1) is 0 Å². The Morgan fingerprint density at radius 1 is 1.28 bits per heavy atom. The summed E-state index contributed by atoms with van der Waals surface area (Å²) in [5.41, 5.74) is 0.370. The number of Topliss-reactive ketones (excluding diaryl/α,β-unsaturated/α-hetero) is 1. The molecule has 1 aromatic rings. The number of benzene rings is 1. The molecule has 0 N–H and O–H groups in total. The topological polar surface area (TPSA) is 26.3 Å². The first kappa shape index (κ1) is 14.9. The summed E-state index contributed by atoms with van der Waals surface area (Å²) in [7, 11) is -2.05. The summed E-state index contributed by atoms with van der Waals surface area (Å²) >= 11 is 0. The van der Waals surface area contributed by atoms with E-state index < -0.39 is 14.1 Å². The first-order valence-electron chi connectivity index (χ1n) is 6.04.